The smallest absolute Gasteiger partial charge is 0.406 e. The largest absolute Gasteiger partial charge is 0.573 e. The van der Waals surface area contributed by atoms with Crippen molar-refractivity contribution in [2.24, 2.45) is 0 Å². The highest BCUT2D eigenvalue weighted by Crippen LogP contribution is 2.29. The van der Waals surface area contributed by atoms with Gasteiger partial charge in [0.2, 0.25) is 10.0 Å². The summed E-state index contributed by atoms with van der Waals surface area (Å²) >= 11 is 2.93. The standard InChI is InChI=1S/C11H13BrF3NO3S/c1-2-3-6-16-20(17,18)10-5-4-8(7-9(10)12)19-11(13,14)15/h4-5,7,16H,2-3,6H2,1H3. The van der Waals surface area contributed by atoms with Crippen molar-refractivity contribution < 1.29 is 26.3 Å². The Morgan fingerprint density at radius 2 is 2.00 bits per heavy atom. The van der Waals surface area contributed by atoms with Crippen LogP contribution < -0.4 is 9.46 Å². The first-order valence-electron chi connectivity index (χ1n) is 5.70. The van der Waals surface area contributed by atoms with Crippen molar-refractivity contribution in [1.29, 1.82) is 0 Å². The van der Waals surface area contributed by atoms with Gasteiger partial charge in [-0.1, -0.05) is 13.3 Å². The summed E-state index contributed by atoms with van der Waals surface area (Å²) in [6, 6.07) is 2.97. The first-order chi connectivity index (χ1) is 9.15. The maximum atomic E-state index is 12.0. The minimum absolute atomic E-state index is 0.00301. The number of rotatable bonds is 6. The number of halogens is 4. The van der Waals surface area contributed by atoms with Crippen LogP contribution in [0.25, 0.3) is 0 Å². The van der Waals surface area contributed by atoms with E-state index in [1.165, 1.54) is 0 Å². The Bertz CT molecular complexity index is 561. The van der Waals surface area contributed by atoms with E-state index >= 15 is 0 Å². The quantitative estimate of drug-likeness (QED) is 0.775. The van der Waals surface area contributed by atoms with Gasteiger partial charge < -0.3 is 4.74 Å². The third kappa shape index (κ3) is 5.29. The fourth-order valence-corrected chi connectivity index (χ4v) is 3.49. The lowest BCUT2D eigenvalue weighted by molar-refractivity contribution is -0.274. The van der Waals surface area contributed by atoms with E-state index in [-0.39, 0.29) is 15.9 Å². The zero-order valence-corrected chi connectivity index (χ0v) is 12.9. The average Bonchev–Trinajstić information content (AvgIpc) is 2.26. The number of hydrogen-bond acceptors (Lipinski definition) is 3. The molecule has 0 atom stereocenters. The predicted molar refractivity (Wildman–Crippen MR) is 70.9 cm³/mol. The molecule has 1 aromatic rings. The van der Waals surface area contributed by atoms with Crippen LogP contribution in [0, 0.1) is 0 Å². The van der Waals surface area contributed by atoms with Gasteiger partial charge in [0.1, 0.15) is 5.75 Å². The number of nitrogens with one attached hydrogen (secondary N) is 1. The zero-order chi connectivity index (χ0) is 15.4. The number of benzene rings is 1. The second-order valence-electron chi connectivity index (χ2n) is 3.89. The number of alkyl halides is 3. The van der Waals surface area contributed by atoms with Gasteiger partial charge in [-0.2, -0.15) is 0 Å². The average molecular weight is 376 g/mol. The SMILES string of the molecule is CCCCNS(=O)(=O)c1ccc(OC(F)(F)F)cc1Br. The maximum absolute atomic E-state index is 12.0. The Labute approximate surface area is 123 Å². The maximum Gasteiger partial charge on any atom is 0.573 e. The van der Waals surface area contributed by atoms with Gasteiger partial charge in [-0.05, 0) is 40.5 Å². The molecule has 0 aliphatic heterocycles. The van der Waals surface area contributed by atoms with Crippen molar-refractivity contribution in [1.82, 2.24) is 4.72 Å². The molecule has 0 radical (unpaired) electrons. The minimum Gasteiger partial charge on any atom is -0.406 e. The lowest BCUT2D eigenvalue weighted by atomic mass is 10.3. The summed E-state index contributed by atoms with van der Waals surface area (Å²) in [5.74, 6) is -0.489. The number of unbranched alkanes of at least 4 members (excludes halogenated alkanes) is 1. The van der Waals surface area contributed by atoms with Crippen LogP contribution in [0.5, 0.6) is 5.75 Å². The molecule has 0 saturated heterocycles. The summed E-state index contributed by atoms with van der Waals surface area (Å²) in [4.78, 5) is -0.136. The predicted octanol–water partition coefficient (Wildman–Crippen LogP) is 3.43. The second kappa shape index (κ2) is 6.77. The van der Waals surface area contributed by atoms with Crippen molar-refractivity contribution in [3.8, 4) is 5.75 Å². The van der Waals surface area contributed by atoms with Crippen LogP contribution in [0.1, 0.15) is 19.8 Å². The van der Waals surface area contributed by atoms with E-state index < -0.39 is 22.1 Å². The number of ether oxygens (including phenoxy) is 1. The Kier molecular flexibility index (Phi) is 5.84. The molecule has 0 aliphatic carbocycles. The zero-order valence-electron chi connectivity index (χ0n) is 10.5. The van der Waals surface area contributed by atoms with Crippen LogP contribution in [-0.4, -0.2) is 21.3 Å². The molecular formula is C11H13BrF3NO3S. The van der Waals surface area contributed by atoms with Crippen molar-refractivity contribution in [3.05, 3.63) is 22.7 Å². The molecule has 0 aromatic heterocycles. The monoisotopic (exact) mass is 375 g/mol. The van der Waals surface area contributed by atoms with Crippen LogP contribution in [-0.2, 0) is 10.0 Å². The normalized spacial score (nSPS) is 12.4. The van der Waals surface area contributed by atoms with Crippen LogP contribution >= 0.6 is 15.9 Å². The molecule has 1 N–H and O–H groups in total. The fraction of sp³-hybridized carbons (Fsp3) is 0.455. The van der Waals surface area contributed by atoms with Gasteiger partial charge in [0.05, 0.1) is 4.90 Å². The first kappa shape index (κ1) is 17.3. The summed E-state index contributed by atoms with van der Waals surface area (Å²) in [5.41, 5.74) is 0. The van der Waals surface area contributed by atoms with E-state index in [2.05, 4.69) is 25.4 Å². The molecular weight excluding hydrogens is 363 g/mol. The third-order valence-corrected chi connectivity index (χ3v) is 4.69. The Morgan fingerprint density at radius 3 is 2.50 bits per heavy atom. The molecule has 20 heavy (non-hydrogen) atoms. The molecule has 114 valence electrons. The highest BCUT2D eigenvalue weighted by atomic mass is 79.9. The lowest BCUT2D eigenvalue weighted by Gasteiger charge is -2.12. The molecule has 1 aromatic carbocycles. The molecule has 0 unspecified atom stereocenters. The molecule has 1 rings (SSSR count). The van der Waals surface area contributed by atoms with Gasteiger partial charge in [0.15, 0.2) is 0 Å². The van der Waals surface area contributed by atoms with Gasteiger partial charge in [0.25, 0.3) is 0 Å². The highest BCUT2D eigenvalue weighted by molar-refractivity contribution is 9.10. The summed E-state index contributed by atoms with van der Waals surface area (Å²) in [7, 11) is -3.76. The van der Waals surface area contributed by atoms with Crippen molar-refractivity contribution in [2.75, 3.05) is 6.54 Å². The molecule has 0 fully saturated rings. The van der Waals surface area contributed by atoms with Gasteiger partial charge in [0, 0.05) is 11.0 Å². The second-order valence-corrected chi connectivity index (χ2v) is 6.48. The molecule has 0 amide bonds. The molecule has 0 spiro atoms. The lowest BCUT2D eigenvalue weighted by Crippen LogP contribution is -2.25. The summed E-state index contributed by atoms with van der Waals surface area (Å²) in [5, 5.41) is 0. The number of hydrogen-bond donors (Lipinski definition) is 1. The van der Waals surface area contributed by atoms with Gasteiger partial charge >= 0.3 is 6.36 Å². The van der Waals surface area contributed by atoms with Crippen molar-refractivity contribution >= 4 is 26.0 Å². The Morgan fingerprint density at radius 1 is 1.35 bits per heavy atom. The van der Waals surface area contributed by atoms with E-state index in [4.69, 9.17) is 0 Å². The van der Waals surface area contributed by atoms with E-state index in [0.717, 1.165) is 24.6 Å². The minimum atomic E-state index is -4.82. The van der Waals surface area contributed by atoms with E-state index in [1.807, 2.05) is 6.92 Å². The molecule has 9 heteroatoms. The molecule has 0 saturated carbocycles. The fourth-order valence-electron chi connectivity index (χ4n) is 1.36. The van der Waals surface area contributed by atoms with Crippen LogP contribution in [0.2, 0.25) is 0 Å². The summed E-state index contributed by atoms with van der Waals surface area (Å²) in [6.07, 6.45) is -3.33. The Hall–Kier alpha value is -0.800. The van der Waals surface area contributed by atoms with E-state index in [0.29, 0.717) is 6.42 Å². The third-order valence-electron chi connectivity index (χ3n) is 2.25. The number of sulfonamides is 1. The van der Waals surface area contributed by atoms with Crippen LogP contribution in [0.4, 0.5) is 13.2 Å². The molecule has 0 aliphatic rings. The van der Waals surface area contributed by atoms with E-state index in [1.54, 1.807) is 0 Å². The van der Waals surface area contributed by atoms with Crippen LogP contribution in [0.3, 0.4) is 0 Å². The van der Waals surface area contributed by atoms with Crippen LogP contribution in [0.15, 0.2) is 27.6 Å². The van der Waals surface area contributed by atoms with Gasteiger partial charge in [-0.15, -0.1) is 13.2 Å². The van der Waals surface area contributed by atoms with E-state index in [9.17, 15) is 21.6 Å². The van der Waals surface area contributed by atoms with Crippen molar-refractivity contribution in [2.45, 2.75) is 31.0 Å². The van der Waals surface area contributed by atoms with Gasteiger partial charge in [-0.25, -0.2) is 13.1 Å². The summed E-state index contributed by atoms with van der Waals surface area (Å²) < 4.78 is 66.0. The summed E-state index contributed by atoms with van der Waals surface area (Å²) in [6.45, 7) is 2.18. The Balaban J connectivity index is 2.92. The molecule has 0 heterocycles. The van der Waals surface area contributed by atoms with Gasteiger partial charge in [-0.3, -0.25) is 0 Å². The first-order valence-corrected chi connectivity index (χ1v) is 7.98. The molecule has 0 bridgehead atoms. The highest BCUT2D eigenvalue weighted by Gasteiger charge is 2.31. The topological polar surface area (TPSA) is 55.4 Å². The van der Waals surface area contributed by atoms with Crippen molar-refractivity contribution in [3.63, 3.8) is 0 Å². The molecule has 4 nitrogen and oxygen atoms in total.